The number of nitrogens with one attached hydrogen (secondary N) is 1. The zero-order valence-corrected chi connectivity index (χ0v) is 8.29. The van der Waals surface area contributed by atoms with Crippen molar-refractivity contribution in [1.29, 1.82) is 0 Å². The van der Waals surface area contributed by atoms with Crippen LogP contribution >= 0.6 is 0 Å². The summed E-state index contributed by atoms with van der Waals surface area (Å²) in [6.07, 6.45) is 3.71. The average Bonchev–Trinajstić information content (AvgIpc) is 2.58. The van der Waals surface area contributed by atoms with E-state index < -0.39 is 0 Å². The van der Waals surface area contributed by atoms with Crippen LogP contribution in [-0.2, 0) is 9.59 Å². The molecule has 1 fully saturated rings. The number of hydrogen-bond acceptors (Lipinski definition) is 2. The van der Waals surface area contributed by atoms with Crippen LogP contribution in [0.1, 0.15) is 19.3 Å². The van der Waals surface area contributed by atoms with E-state index in [4.69, 9.17) is 0 Å². The fraction of sp³-hybridized carbons (Fsp3) is 0.600. The topological polar surface area (TPSA) is 49.4 Å². The highest BCUT2D eigenvalue weighted by atomic mass is 16.2. The summed E-state index contributed by atoms with van der Waals surface area (Å²) in [5.74, 6) is 0.0813. The Balaban J connectivity index is 2.06. The zero-order valence-electron chi connectivity index (χ0n) is 8.29. The second kappa shape index (κ2) is 5.42. The molecular formula is C10H16N2O2. The minimum absolute atomic E-state index is 0.155. The minimum atomic E-state index is -0.155. The summed E-state index contributed by atoms with van der Waals surface area (Å²) in [4.78, 5) is 23.8. The summed E-state index contributed by atoms with van der Waals surface area (Å²) < 4.78 is 0. The first kappa shape index (κ1) is 10.8. The fourth-order valence-electron chi connectivity index (χ4n) is 1.49. The van der Waals surface area contributed by atoms with Gasteiger partial charge in [0.25, 0.3) is 0 Å². The molecule has 1 aliphatic heterocycles. The van der Waals surface area contributed by atoms with Gasteiger partial charge in [-0.05, 0) is 18.9 Å². The van der Waals surface area contributed by atoms with E-state index in [0.717, 1.165) is 25.9 Å². The smallest absolute Gasteiger partial charge is 0.243 e. The summed E-state index contributed by atoms with van der Waals surface area (Å²) in [5.41, 5.74) is 0. The Morgan fingerprint density at radius 2 is 2.43 bits per heavy atom. The van der Waals surface area contributed by atoms with Gasteiger partial charge in [0, 0.05) is 26.1 Å². The first-order chi connectivity index (χ1) is 6.74. The summed E-state index contributed by atoms with van der Waals surface area (Å²) in [6.45, 7) is 5.57. The SMILES string of the molecule is C=CC(=O)NCCCN1CCCC1=O. The molecular weight excluding hydrogens is 180 g/mol. The van der Waals surface area contributed by atoms with E-state index in [1.54, 1.807) is 0 Å². The van der Waals surface area contributed by atoms with Gasteiger partial charge in [-0.3, -0.25) is 9.59 Å². The largest absolute Gasteiger partial charge is 0.353 e. The van der Waals surface area contributed by atoms with E-state index >= 15 is 0 Å². The Kier molecular flexibility index (Phi) is 4.16. The number of nitrogens with zero attached hydrogens (tertiary/aromatic N) is 1. The van der Waals surface area contributed by atoms with Gasteiger partial charge < -0.3 is 10.2 Å². The van der Waals surface area contributed by atoms with Crippen LogP contribution in [0.5, 0.6) is 0 Å². The first-order valence-electron chi connectivity index (χ1n) is 4.92. The molecule has 0 atom stereocenters. The van der Waals surface area contributed by atoms with Crippen LogP contribution in [0.25, 0.3) is 0 Å². The maximum Gasteiger partial charge on any atom is 0.243 e. The molecule has 1 heterocycles. The van der Waals surface area contributed by atoms with E-state index in [9.17, 15) is 9.59 Å². The van der Waals surface area contributed by atoms with Gasteiger partial charge in [-0.2, -0.15) is 0 Å². The molecule has 0 aliphatic carbocycles. The van der Waals surface area contributed by atoms with Gasteiger partial charge in [0.2, 0.25) is 11.8 Å². The lowest BCUT2D eigenvalue weighted by atomic mass is 10.4. The number of carbonyl (C=O) groups excluding carboxylic acids is 2. The van der Waals surface area contributed by atoms with Crippen LogP contribution in [0, 0.1) is 0 Å². The molecule has 4 nitrogen and oxygen atoms in total. The Bertz CT molecular complexity index is 238. The van der Waals surface area contributed by atoms with E-state index in [0.29, 0.717) is 13.0 Å². The molecule has 0 bridgehead atoms. The zero-order chi connectivity index (χ0) is 10.4. The van der Waals surface area contributed by atoms with Gasteiger partial charge in [-0.25, -0.2) is 0 Å². The molecule has 0 aromatic rings. The molecule has 0 saturated carbocycles. The third kappa shape index (κ3) is 3.20. The highest BCUT2D eigenvalue weighted by Gasteiger charge is 2.18. The lowest BCUT2D eigenvalue weighted by Gasteiger charge is -2.14. The Hall–Kier alpha value is -1.32. The molecule has 0 spiro atoms. The molecule has 0 unspecified atom stereocenters. The molecule has 1 saturated heterocycles. The Morgan fingerprint density at radius 1 is 1.64 bits per heavy atom. The highest BCUT2D eigenvalue weighted by molar-refractivity contribution is 5.86. The van der Waals surface area contributed by atoms with E-state index in [-0.39, 0.29) is 11.8 Å². The van der Waals surface area contributed by atoms with E-state index in [2.05, 4.69) is 11.9 Å². The quantitative estimate of drug-likeness (QED) is 0.508. The predicted octanol–water partition coefficient (Wildman–Crippen LogP) is 0.301. The molecule has 4 heteroatoms. The van der Waals surface area contributed by atoms with Crippen molar-refractivity contribution in [2.75, 3.05) is 19.6 Å². The molecule has 14 heavy (non-hydrogen) atoms. The predicted molar refractivity (Wildman–Crippen MR) is 53.6 cm³/mol. The molecule has 1 aliphatic rings. The van der Waals surface area contributed by atoms with Crippen LogP contribution in [0.3, 0.4) is 0 Å². The number of hydrogen-bond donors (Lipinski definition) is 1. The molecule has 0 radical (unpaired) electrons. The monoisotopic (exact) mass is 196 g/mol. The lowest BCUT2D eigenvalue weighted by Crippen LogP contribution is -2.29. The Labute approximate surface area is 84.0 Å². The highest BCUT2D eigenvalue weighted by Crippen LogP contribution is 2.09. The first-order valence-corrected chi connectivity index (χ1v) is 4.92. The summed E-state index contributed by atoms with van der Waals surface area (Å²) in [7, 11) is 0. The Morgan fingerprint density at radius 3 is 3.00 bits per heavy atom. The maximum atomic E-state index is 11.2. The van der Waals surface area contributed by atoms with Crippen LogP contribution in [0.15, 0.2) is 12.7 Å². The van der Waals surface area contributed by atoms with Crippen LogP contribution < -0.4 is 5.32 Å². The van der Waals surface area contributed by atoms with Crippen molar-refractivity contribution < 1.29 is 9.59 Å². The van der Waals surface area contributed by atoms with Crippen molar-refractivity contribution in [3.8, 4) is 0 Å². The lowest BCUT2D eigenvalue weighted by molar-refractivity contribution is -0.127. The van der Waals surface area contributed by atoms with Crippen molar-refractivity contribution >= 4 is 11.8 Å². The van der Waals surface area contributed by atoms with E-state index in [1.165, 1.54) is 6.08 Å². The third-order valence-corrected chi connectivity index (χ3v) is 2.26. The molecule has 0 aromatic carbocycles. The van der Waals surface area contributed by atoms with Crippen LogP contribution in [0.4, 0.5) is 0 Å². The van der Waals surface area contributed by atoms with Gasteiger partial charge in [-0.15, -0.1) is 0 Å². The molecule has 78 valence electrons. The summed E-state index contributed by atoms with van der Waals surface area (Å²) in [6, 6.07) is 0. The van der Waals surface area contributed by atoms with Crippen molar-refractivity contribution in [2.45, 2.75) is 19.3 Å². The number of likely N-dealkylation sites (tertiary alicyclic amines) is 1. The van der Waals surface area contributed by atoms with Crippen molar-refractivity contribution in [3.05, 3.63) is 12.7 Å². The van der Waals surface area contributed by atoms with Crippen molar-refractivity contribution in [2.24, 2.45) is 0 Å². The fourth-order valence-corrected chi connectivity index (χ4v) is 1.49. The second-order valence-electron chi connectivity index (χ2n) is 3.33. The standard InChI is InChI=1S/C10H16N2O2/c1-2-9(13)11-6-4-8-12-7-3-5-10(12)14/h2H,1,3-8H2,(H,11,13). The van der Waals surface area contributed by atoms with Crippen molar-refractivity contribution in [1.82, 2.24) is 10.2 Å². The second-order valence-corrected chi connectivity index (χ2v) is 3.33. The third-order valence-electron chi connectivity index (χ3n) is 2.26. The number of amides is 2. The number of carbonyl (C=O) groups is 2. The minimum Gasteiger partial charge on any atom is -0.353 e. The van der Waals surface area contributed by atoms with Gasteiger partial charge in [0.15, 0.2) is 0 Å². The molecule has 0 aromatic heterocycles. The summed E-state index contributed by atoms with van der Waals surface area (Å²) >= 11 is 0. The van der Waals surface area contributed by atoms with Crippen LogP contribution in [-0.4, -0.2) is 36.3 Å². The summed E-state index contributed by atoms with van der Waals surface area (Å²) in [5, 5.41) is 2.68. The molecule has 2 amide bonds. The normalized spacial score (nSPS) is 15.7. The maximum absolute atomic E-state index is 11.2. The van der Waals surface area contributed by atoms with E-state index in [1.807, 2.05) is 4.90 Å². The average molecular weight is 196 g/mol. The van der Waals surface area contributed by atoms with Gasteiger partial charge in [-0.1, -0.05) is 6.58 Å². The van der Waals surface area contributed by atoms with Crippen LogP contribution in [0.2, 0.25) is 0 Å². The molecule has 1 N–H and O–H groups in total. The van der Waals surface area contributed by atoms with Gasteiger partial charge in [0.1, 0.15) is 0 Å². The molecule has 1 rings (SSSR count). The van der Waals surface area contributed by atoms with Gasteiger partial charge >= 0.3 is 0 Å². The van der Waals surface area contributed by atoms with Crippen molar-refractivity contribution in [3.63, 3.8) is 0 Å². The number of rotatable bonds is 5. The van der Waals surface area contributed by atoms with Gasteiger partial charge in [0.05, 0.1) is 0 Å².